The zero-order chi connectivity index (χ0) is 18.2. The Balaban J connectivity index is 3.88. The Hall–Kier alpha value is -0.986. The van der Waals surface area contributed by atoms with Crippen LogP contribution in [-0.2, 0) is 0 Å². The van der Waals surface area contributed by atoms with Gasteiger partial charge < -0.3 is 4.23 Å². The molecule has 0 saturated heterocycles. The first kappa shape index (κ1) is 20.1. The Labute approximate surface area is 146 Å². The standard InChI is InChI=1S/C20H35NSi2/c1-12-17-13-18(15(2)3)20(19(14-17)16(4)5)21(22(6,7)8)23(9,10)11/h1,13-16H,2-11H3. The van der Waals surface area contributed by atoms with E-state index in [2.05, 4.69) is 89.3 Å². The van der Waals surface area contributed by atoms with E-state index in [1.165, 1.54) is 16.8 Å². The number of rotatable bonds is 5. The molecule has 0 aromatic heterocycles. The van der Waals surface area contributed by atoms with Gasteiger partial charge in [-0.2, -0.15) is 0 Å². The summed E-state index contributed by atoms with van der Waals surface area (Å²) in [7, 11) is -3.00. The third kappa shape index (κ3) is 4.52. The van der Waals surface area contributed by atoms with E-state index in [1.807, 2.05) is 0 Å². The lowest BCUT2D eigenvalue weighted by molar-refractivity contribution is 0.833. The molecule has 0 heterocycles. The van der Waals surface area contributed by atoms with Gasteiger partial charge in [0.2, 0.25) is 0 Å². The van der Waals surface area contributed by atoms with E-state index in [4.69, 9.17) is 6.42 Å². The topological polar surface area (TPSA) is 3.24 Å². The van der Waals surface area contributed by atoms with Crippen molar-refractivity contribution in [3.63, 3.8) is 0 Å². The van der Waals surface area contributed by atoms with E-state index in [0.29, 0.717) is 11.8 Å². The molecule has 128 valence electrons. The van der Waals surface area contributed by atoms with Crippen molar-refractivity contribution in [1.29, 1.82) is 0 Å². The highest BCUT2D eigenvalue weighted by molar-refractivity contribution is 6.99. The van der Waals surface area contributed by atoms with Gasteiger partial charge in [-0.3, -0.25) is 0 Å². The number of benzene rings is 1. The van der Waals surface area contributed by atoms with Crippen molar-refractivity contribution in [3.05, 3.63) is 28.8 Å². The Morgan fingerprint density at radius 2 is 1.17 bits per heavy atom. The van der Waals surface area contributed by atoms with Crippen LogP contribution in [0.4, 0.5) is 5.69 Å². The van der Waals surface area contributed by atoms with Crippen LogP contribution < -0.4 is 4.23 Å². The van der Waals surface area contributed by atoms with Crippen LogP contribution in [0.1, 0.15) is 56.2 Å². The molecule has 1 aromatic carbocycles. The number of terminal acetylenes is 1. The molecule has 1 nitrogen and oxygen atoms in total. The predicted molar refractivity (Wildman–Crippen MR) is 112 cm³/mol. The van der Waals surface area contributed by atoms with Crippen LogP contribution in [-0.4, -0.2) is 16.5 Å². The summed E-state index contributed by atoms with van der Waals surface area (Å²) in [5.41, 5.74) is 5.36. The molecular weight excluding hydrogens is 310 g/mol. The number of hydrogen-bond acceptors (Lipinski definition) is 1. The minimum absolute atomic E-state index is 0.478. The second-order valence-electron chi connectivity index (χ2n) is 9.13. The molecule has 0 bridgehead atoms. The maximum Gasteiger partial charge on any atom is 0.138 e. The molecule has 0 aliphatic heterocycles. The van der Waals surface area contributed by atoms with Crippen molar-refractivity contribution in [2.24, 2.45) is 0 Å². The normalized spacial score (nSPS) is 12.7. The largest absolute Gasteiger partial charge is 0.424 e. The van der Waals surface area contributed by atoms with Gasteiger partial charge in [0.1, 0.15) is 16.5 Å². The molecule has 0 saturated carbocycles. The molecule has 3 heteroatoms. The summed E-state index contributed by atoms with van der Waals surface area (Å²) >= 11 is 0. The molecule has 0 unspecified atom stereocenters. The second kappa shape index (κ2) is 6.87. The van der Waals surface area contributed by atoms with Gasteiger partial charge in [0.05, 0.1) is 0 Å². The lowest BCUT2D eigenvalue weighted by atomic mass is 9.91. The fourth-order valence-corrected chi connectivity index (χ4v) is 13.5. The highest BCUT2D eigenvalue weighted by Crippen LogP contribution is 2.41. The molecule has 0 spiro atoms. The van der Waals surface area contributed by atoms with Crippen LogP contribution >= 0.6 is 0 Å². The van der Waals surface area contributed by atoms with Crippen molar-refractivity contribution < 1.29 is 0 Å². The minimum Gasteiger partial charge on any atom is -0.424 e. The summed E-state index contributed by atoms with van der Waals surface area (Å²) in [4.78, 5) is 0. The van der Waals surface area contributed by atoms with Crippen molar-refractivity contribution in [2.45, 2.75) is 78.8 Å². The van der Waals surface area contributed by atoms with Crippen LogP contribution in [0.2, 0.25) is 39.3 Å². The van der Waals surface area contributed by atoms with E-state index in [-0.39, 0.29) is 0 Å². The molecule has 23 heavy (non-hydrogen) atoms. The smallest absolute Gasteiger partial charge is 0.138 e. The molecule has 0 fully saturated rings. The molecular formula is C20H35NSi2. The Bertz CT molecular complexity index is 553. The van der Waals surface area contributed by atoms with Crippen molar-refractivity contribution >= 4 is 22.2 Å². The fraction of sp³-hybridized carbons (Fsp3) is 0.600. The average molecular weight is 346 g/mol. The molecule has 0 aliphatic rings. The van der Waals surface area contributed by atoms with Gasteiger partial charge >= 0.3 is 0 Å². The third-order valence-electron chi connectivity index (χ3n) is 4.14. The molecule has 0 radical (unpaired) electrons. The van der Waals surface area contributed by atoms with E-state index < -0.39 is 16.5 Å². The molecule has 1 rings (SSSR count). The summed E-state index contributed by atoms with van der Waals surface area (Å²) in [6.07, 6.45) is 5.74. The first-order chi connectivity index (χ1) is 10.3. The van der Waals surface area contributed by atoms with Gasteiger partial charge in [0, 0.05) is 11.3 Å². The van der Waals surface area contributed by atoms with E-state index in [0.717, 1.165) is 5.56 Å². The van der Waals surface area contributed by atoms with Crippen LogP contribution in [0.5, 0.6) is 0 Å². The molecule has 1 aromatic rings. The highest BCUT2D eigenvalue weighted by Gasteiger charge is 2.37. The van der Waals surface area contributed by atoms with Gasteiger partial charge in [-0.05, 0) is 35.1 Å². The van der Waals surface area contributed by atoms with E-state index >= 15 is 0 Å². The number of anilines is 1. The quantitative estimate of drug-likeness (QED) is 0.441. The highest BCUT2D eigenvalue weighted by atomic mass is 28.4. The van der Waals surface area contributed by atoms with Crippen molar-refractivity contribution in [3.8, 4) is 12.3 Å². The summed E-state index contributed by atoms with van der Waals surface area (Å²) < 4.78 is 2.85. The first-order valence-corrected chi connectivity index (χ1v) is 15.6. The SMILES string of the molecule is C#Cc1cc(C(C)C)c(N([Si](C)(C)C)[Si](C)(C)C)c(C(C)C)c1. The van der Waals surface area contributed by atoms with E-state index in [9.17, 15) is 0 Å². The van der Waals surface area contributed by atoms with Crippen LogP contribution in [0.25, 0.3) is 0 Å². The Morgan fingerprint density at radius 1 is 0.826 bits per heavy atom. The molecule has 0 amide bonds. The van der Waals surface area contributed by atoms with Crippen molar-refractivity contribution in [2.75, 3.05) is 4.23 Å². The Morgan fingerprint density at radius 3 is 1.39 bits per heavy atom. The zero-order valence-electron chi connectivity index (χ0n) is 16.8. The Kier molecular flexibility index (Phi) is 5.99. The average Bonchev–Trinajstić information content (AvgIpc) is 2.34. The van der Waals surface area contributed by atoms with Gasteiger partial charge in [-0.25, -0.2) is 0 Å². The number of hydrogen-bond donors (Lipinski definition) is 0. The summed E-state index contributed by atoms with van der Waals surface area (Å²) in [5, 5.41) is 0. The maximum atomic E-state index is 5.74. The molecule has 0 atom stereocenters. The van der Waals surface area contributed by atoms with Gasteiger partial charge in [0.25, 0.3) is 0 Å². The minimum atomic E-state index is -1.50. The van der Waals surface area contributed by atoms with Gasteiger partial charge in [-0.15, -0.1) is 6.42 Å². The van der Waals surface area contributed by atoms with Gasteiger partial charge in [-0.1, -0.05) is 72.9 Å². The third-order valence-corrected chi connectivity index (χ3v) is 11.3. The zero-order valence-corrected chi connectivity index (χ0v) is 18.8. The fourth-order valence-electron chi connectivity index (χ4n) is 3.58. The predicted octanol–water partition coefficient (Wildman–Crippen LogP) is 6.39. The number of nitrogens with zero attached hydrogens (tertiary/aromatic N) is 1. The summed E-state index contributed by atoms with van der Waals surface area (Å²) in [5.74, 6) is 3.82. The van der Waals surface area contributed by atoms with Gasteiger partial charge in [0.15, 0.2) is 0 Å². The van der Waals surface area contributed by atoms with E-state index in [1.54, 1.807) is 0 Å². The van der Waals surface area contributed by atoms with Crippen LogP contribution in [0, 0.1) is 12.3 Å². The summed E-state index contributed by atoms with van der Waals surface area (Å²) in [6.45, 7) is 24.0. The first-order valence-electron chi connectivity index (χ1n) is 8.75. The van der Waals surface area contributed by atoms with Crippen LogP contribution in [0.3, 0.4) is 0 Å². The summed E-state index contributed by atoms with van der Waals surface area (Å²) in [6, 6.07) is 4.50. The van der Waals surface area contributed by atoms with Crippen LogP contribution in [0.15, 0.2) is 12.1 Å². The second-order valence-corrected chi connectivity index (χ2v) is 19.2. The maximum absolute atomic E-state index is 5.74. The molecule has 0 N–H and O–H groups in total. The lowest BCUT2D eigenvalue weighted by Gasteiger charge is -2.48. The van der Waals surface area contributed by atoms with Crippen molar-refractivity contribution in [1.82, 2.24) is 0 Å². The lowest BCUT2D eigenvalue weighted by Crippen LogP contribution is -2.60. The molecule has 0 aliphatic carbocycles. The monoisotopic (exact) mass is 345 g/mol.